The normalized spacial score (nSPS) is 33.5. The van der Waals surface area contributed by atoms with Crippen molar-refractivity contribution in [3.63, 3.8) is 0 Å². The summed E-state index contributed by atoms with van der Waals surface area (Å²) in [5.74, 6) is -0.000836. The van der Waals surface area contributed by atoms with Crippen molar-refractivity contribution < 1.29 is 38.1 Å². The van der Waals surface area contributed by atoms with Gasteiger partial charge in [0, 0.05) is 37.4 Å². The van der Waals surface area contributed by atoms with Gasteiger partial charge in [-0.25, -0.2) is 0 Å². The second-order valence-corrected chi connectivity index (χ2v) is 17.7. The summed E-state index contributed by atoms with van der Waals surface area (Å²) in [5, 5.41) is 0. The maximum absolute atomic E-state index is 13.3. The number of hydrogen-bond acceptors (Lipinski definition) is 11. The van der Waals surface area contributed by atoms with E-state index in [4.69, 9.17) is 36.1 Å². The lowest BCUT2D eigenvalue weighted by Crippen LogP contribution is -2.63. The van der Waals surface area contributed by atoms with E-state index in [0.29, 0.717) is 38.7 Å². The minimum absolute atomic E-state index is 0.0904. The summed E-state index contributed by atoms with van der Waals surface area (Å²) < 4.78 is 24.4. The molecule has 0 aliphatic heterocycles. The Labute approximate surface area is 325 Å². The molecule has 0 unspecified atom stereocenters. The highest BCUT2D eigenvalue weighted by atomic mass is 16.6. The summed E-state index contributed by atoms with van der Waals surface area (Å²) >= 11 is 0. The largest absolute Gasteiger partial charge is 0.466 e. The number of nitrogens with two attached hydrogens (primary N) is 3. The van der Waals surface area contributed by atoms with Crippen molar-refractivity contribution in [3.8, 4) is 0 Å². The van der Waals surface area contributed by atoms with Crippen molar-refractivity contribution in [2.75, 3.05) is 26.2 Å². The van der Waals surface area contributed by atoms with Crippen molar-refractivity contribution >= 4 is 23.9 Å². The number of hydrogen-bond donors (Lipinski definition) is 3. The molecule has 0 radical (unpaired) electrons. The average molecular weight is 762 g/mol. The zero-order valence-corrected chi connectivity index (χ0v) is 34.2. The minimum atomic E-state index is -0.372. The maximum atomic E-state index is 13.3. The third kappa shape index (κ3) is 11.0. The standard InChI is InChI=1S/C43H75N3O8/c1-5-6-7-8-9-10-11-12-25-51-37(47)16-13-29(2)32-14-15-33-41-34(28-36(43(32,33)4)54-40(50)20-24-46)42(3)21-17-31(52-38(48)18-22-44)26-30(42)27-35(41)53-39(49)19-23-45/h29-36,41H,5-28,44-46H2,1-4H3/t29-,30+,31-,32-,33+,34+,35-,36+,41+,42+,43-/m1/s1. The van der Waals surface area contributed by atoms with Gasteiger partial charge in [0.05, 0.1) is 25.9 Å². The van der Waals surface area contributed by atoms with Crippen LogP contribution in [0.4, 0.5) is 0 Å². The van der Waals surface area contributed by atoms with Crippen LogP contribution in [0, 0.1) is 46.3 Å². The van der Waals surface area contributed by atoms with Gasteiger partial charge in [-0.1, -0.05) is 72.6 Å². The van der Waals surface area contributed by atoms with Crippen LogP contribution in [0.15, 0.2) is 0 Å². The Balaban J connectivity index is 1.50. The highest BCUT2D eigenvalue weighted by Gasteiger charge is 2.67. The molecule has 310 valence electrons. The lowest BCUT2D eigenvalue weighted by molar-refractivity contribution is -0.225. The van der Waals surface area contributed by atoms with E-state index in [1.807, 2.05) is 0 Å². The lowest BCUT2D eigenvalue weighted by atomic mass is 9.43. The molecule has 4 saturated carbocycles. The third-order valence-corrected chi connectivity index (χ3v) is 14.4. The first-order valence-corrected chi connectivity index (χ1v) is 21.8. The number of carbonyl (C=O) groups is 4. The van der Waals surface area contributed by atoms with Gasteiger partial charge in [-0.05, 0) is 92.8 Å². The molecule has 4 fully saturated rings. The Kier molecular flexibility index (Phi) is 17.6. The fourth-order valence-corrected chi connectivity index (χ4v) is 11.6. The Morgan fingerprint density at radius 1 is 0.685 bits per heavy atom. The molecule has 4 aliphatic rings. The maximum Gasteiger partial charge on any atom is 0.307 e. The number of carbonyl (C=O) groups excluding carboxylic acids is 4. The van der Waals surface area contributed by atoms with Crippen molar-refractivity contribution in [3.05, 3.63) is 0 Å². The van der Waals surface area contributed by atoms with Gasteiger partial charge in [0.1, 0.15) is 18.3 Å². The Bertz CT molecular complexity index is 1220. The van der Waals surface area contributed by atoms with Crippen molar-refractivity contribution in [1.29, 1.82) is 0 Å². The topological polar surface area (TPSA) is 183 Å². The number of unbranched alkanes of at least 4 members (excludes halogenated alkanes) is 7. The van der Waals surface area contributed by atoms with Crippen LogP contribution < -0.4 is 17.2 Å². The second-order valence-electron chi connectivity index (χ2n) is 17.7. The number of esters is 4. The first kappa shape index (κ1) is 44.5. The summed E-state index contributed by atoms with van der Waals surface area (Å²) in [5.41, 5.74) is 16.8. The van der Waals surface area contributed by atoms with Gasteiger partial charge in [-0.15, -0.1) is 0 Å². The van der Waals surface area contributed by atoms with Gasteiger partial charge in [0.25, 0.3) is 0 Å². The molecule has 4 aliphatic carbocycles. The molecule has 0 aromatic heterocycles. The molecule has 11 nitrogen and oxygen atoms in total. The van der Waals surface area contributed by atoms with Crippen molar-refractivity contribution in [1.82, 2.24) is 0 Å². The number of fused-ring (bicyclic) bond motifs is 5. The molecule has 4 rings (SSSR count). The predicted octanol–water partition coefficient (Wildman–Crippen LogP) is 6.75. The zero-order chi connectivity index (χ0) is 39.3. The van der Waals surface area contributed by atoms with Crippen LogP contribution in [0.1, 0.15) is 156 Å². The third-order valence-electron chi connectivity index (χ3n) is 14.4. The molecule has 0 spiro atoms. The summed E-state index contributed by atoms with van der Waals surface area (Å²) in [4.78, 5) is 51.7. The molecule has 6 N–H and O–H groups in total. The average Bonchev–Trinajstić information content (AvgIpc) is 3.49. The summed E-state index contributed by atoms with van der Waals surface area (Å²) in [6.07, 6.45) is 15.9. The molecule has 54 heavy (non-hydrogen) atoms. The van der Waals surface area contributed by atoms with Crippen LogP contribution in [0.5, 0.6) is 0 Å². The van der Waals surface area contributed by atoms with Gasteiger partial charge in [0.2, 0.25) is 0 Å². The highest BCUT2D eigenvalue weighted by molar-refractivity contribution is 5.71. The Morgan fingerprint density at radius 2 is 1.30 bits per heavy atom. The molecular formula is C43H75N3O8. The molecule has 11 heteroatoms. The molecule has 0 aromatic rings. The van der Waals surface area contributed by atoms with Crippen molar-refractivity contribution in [2.24, 2.45) is 63.5 Å². The fourth-order valence-electron chi connectivity index (χ4n) is 11.6. The van der Waals surface area contributed by atoms with E-state index in [2.05, 4.69) is 27.7 Å². The van der Waals surface area contributed by atoms with E-state index in [9.17, 15) is 19.2 Å². The molecule has 0 aromatic carbocycles. The monoisotopic (exact) mass is 762 g/mol. The van der Waals surface area contributed by atoms with Crippen LogP contribution in [0.25, 0.3) is 0 Å². The Morgan fingerprint density at radius 3 is 1.94 bits per heavy atom. The summed E-state index contributed by atoms with van der Waals surface area (Å²) in [6, 6.07) is 0. The second kappa shape index (κ2) is 21.3. The van der Waals surface area contributed by atoms with Crippen LogP contribution >= 0.6 is 0 Å². The van der Waals surface area contributed by atoms with Crippen LogP contribution in [0.3, 0.4) is 0 Å². The lowest BCUT2D eigenvalue weighted by Gasteiger charge is -2.64. The Hall–Kier alpha value is -2.24. The summed E-state index contributed by atoms with van der Waals surface area (Å²) in [7, 11) is 0. The first-order chi connectivity index (χ1) is 25.9. The number of ether oxygens (including phenoxy) is 4. The zero-order valence-electron chi connectivity index (χ0n) is 34.2. The fraction of sp³-hybridized carbons (Fsp3) is 0.907. The molecule has 0 amide bonds. The predicted molar refractivity (Wildman–Crippen MR) is 209 cm³/mol. The van der Waals surface area contributed by atoms with E-state index in [1.165, 1.54) is 38.5 Å². The van der Waals surface area contributed by atoms with Crippen LogP contribution in [-0.4, -0.2) is 68.4 Å². The summed E-state index contributed by atoms with van der Waals surface area (Å²) in [6.45, 7) is 10.3. The van der Waals surface area contributed by atoms with Gasteiger partial charge < -0.3 is 36.1 Å². The smallest absolute Gasteiger partial charge is 0.307 e. The van der Waals surface area contributed by atoms with E-state index in [0.717, 1.165) is 38.5 Å². The van der Waals surface area contributed by atoms with Gasteiger partial charge in [-0.3, -0.25) is 19.2 Å². The van der Waals surface area contributed by atoms with Gasteiger partial charge >= 0.3 is 23.9 Å². The van der Waals surface area contributed by atoms with Gasteiger partial charge in [0.15, 0.2) is 0 Å². The SMILES string of the molecule is CCCCCCCCCCOC(=O)CC[C@@H](C)[C@H]1CC[C@H]2[C@@H]3[C@H](OC(=O)CCN)C[C@@H]4C[C@H](OC(=O)CCN)CC[C@]4(C)[C@H]3C[C@H](OC(=O)CCN)[C@]12C. The molecular weight excluding hydrogens is 686 g/mol. The van der Waals surface area contributed by atoms with E-state index < -0.39 is 0 Å². The quantitative estimate of drug-likeness (QED) is 0.0603. The number of rotatable bonds is 22. The van der Waals surface area contributed by atoms with Crippen LogP contribution in [-0.2, 0) is 38.1 Å². The van der Waals surface area contributed by atoms with Crippen molar-refractivity contribution in [2.45, 2.75) is 174 Å². The molecule has 0 bridgehead atoms. The van der Waals surface area contributed by atoms with E-state index in [1.54, 1.807) is 0 Å². The molecule has 11 atom stereocenters. The van der Waals surface area contributed by atoms with Crippen LogP contribution in [0.2, 0.25) is 0 Å². The van der Waals surface area contributed by atoms with Gasteiger partial charge in [-0.2, -0.15) is 0 Å². The molecule has 0 heterocycles. The first-order valence-electron chi connectivity index (χ1n) is 21.8. The minimum Gasteiger partial charge on any atom is -0.466 e. The molecule has 0 saturated heterocycles. The van der Waals surface area contributed by atoms with E-state index in [-0.39, 0.29) is 127 Å². The van der Waals surface area contributed by atoms with E-state index >= 15 is 0 Å². The highest BCUT2D eigenvalue weighted by Crippen LogP contribution is 2.69.